The second kappa shape index (κ2) is 5.41. The summed E-state index contributed by atoms with van der Waals surface area (Å²) in [6.45, 7) is 3.27. The minimum Gasteiger partial charge on any atom is -0.330 e. The second-order valence-corrected chi connectivity index (χ2v) is 5.82. The summed E-state index contributed by atoms with van der Waals surface area (Å²) in [5.74, 6) is 0.777. The highest BCUT2D eigenvalue weighted by atomic mass is 15.2. The van der Waals surface area contributed by atoms with Gasteiger partial charge in [0.2, 0.25) is 0 Å². The normalized spacial score (nSPS) is 22.4. The van der Waals surface area contributed by atoms with Crippen LogP contribution in [0.1, 0.15) is 42.7 Å². The van der Waals surface area contributed by atoms with E-state index in [1.165, 1.54) is 38.8 Å². The molecule has 3 rings (SSSR count). The molecule has 2 aliphatic carbocycles. The largest absolute Gasteiger partial charge is 0.330 e. The third-order valence-corrected chi connectivity index (χ3v) is 4.66. The zero-order valence-corrected chi connectivity index (χ0v) is 11.1. The molecule has 18 heavy (non-hydrogen) atoms. The Kier molecular flexibility index (Phi) is 3.67. The lowest BCUT2D eigenvalue weighted by atomic mass is 9.76. The summed E-state index contributed by atoms with van der Waals surface area (Å²) < 4.78 is 0. The molecule has 1 fully saturated rings. The molecule has 0 spiro atoms. The Morgan fingerprint density at radius 2 is 2.06 bits per heavy atom. The monoisotopic (exact) mass is 244 g/mol. The highest BCUT2D eigenvalue weighted by Crippen LogP contribution is 2.37. The van der Waals surface area contributed by atoms with Crippen molar-refractivity contribution in [2.75, 3.05) is 19.6 Å². The van der Waals surface area contributed by atoms with Crippen LogP contribution in [0.3, 0.4) is 0 Å². The van der Waals surface area contributed by atoms with Crippen molar-refractivity contribution in [3.05, 3.63) is 35.4 Å². The molecule has 2 nitrogen and oxygen atoms in total. The van der Waals surface area contributed by atoms with Gasteiger partial charge < -0.3 is 5.73 Å². The lowest BCUT2D eigenvalue weighted by Gasteiger charge is -2.42. The maximum Gasteiger partial charge on any atom is 0.00955 e. The minimum atomic E-state index is 0.777. The van der Waals surface area contributed by atoms with Gasteiger partial charge in [-0.3, -0.25) is 4.90 Å². The summed E-state index contributed by atoms with van der Waals surface area (Å²) in [5, 5.41) is 0. The maximum atomic E-state index is 5.66. The van der Waals surface area contributed by atoms with Gasteiger partial charge in [-0.1, -0.05) is 30.7 Å². The number of nitrogens with two attached hydrogens (primary N) is 1. The first kappa shape index (κ1) is 12.2. The molecule has 0 amide bonds. The van der Waals surface area contributed by atoms with Gasteiger partial charge in [-0.2, -0.15) is 0 Å². The van der Waals surface area contributed by atoms with E-state index in [-0.39, 0.29) is 0 Å². The lowest BCUT2D eigenvalue weighted by molar-refractivity contribution is 0.115. The van der Waals surface area contributed by atoms with Gasteiger partial charge in [0, 0.05) is 18.5 Å². The fourth-order valence-electron chi connectivity index (χ4n) is 3.28. The van der Waals surface area contributed by atoms with Crippen LogP contribution in [0.15, 0.2) is 24.3 Å². The topological polar surface area (TPSA) is 29.3 Å². The summed E-state index contributed by atoms with van der Waals surface area (Å²) in [6, 6.07) is 9.78. The summed E-state index contributed by atoms with van der Waals surface area (Å²) >= 11 is 0. The van der Waals surface area contributed by atoms with E-state index in [9.17, 15) is 0 Å². The molecule has 2 N–H and O–H groups in total. The molecule has 1 unspecified atom stereocenters. The molecule has 0 saturated heterocycles. The molecule has 0 aliphatic heterocycles. The van der Waals surface area contributed by atoms with E-state index in [1.54, 1.807) is 11.1 Å². The van der Waals surface area contributed by atoms with Crippen molar-refractivity contribution >= 4 is 0 Å². The van der Waals surface area contributed by atoms with Gasteiger partial charge in [0.15, 0.2) is 0 Å². The number of hydrogen-bond donors (Lipinski definition) is 1. The van der Waals surface area contributed by atoms with Gasteiger partial charge in [0.05, 0.1) is 0 Å². The van der Waals surface area contributed by atoms with Crippen molar-refractivity contribution in [3.8, 4) is 0 Å². The van der Waals surface area contributed by atoms with E-state index in [0.29, 0.717) is 0 Å². The van der Waals surface area contributed by atoms with Crippen molar-refractivity contribution < 1.29 is 0 Å². The van der Waals surface area contributed by atoms with Gasteiger partial charge >= 0.3 is 0 Å². The molecule has 1 aromatic rings. The average molecular weight is 244 g/mol. The van der Waals surface area contributed by atoms with Crippen LogP contribution in [0, 0.1) is 0 Å². The predicted molar refractivity (Wildman–Crippen MR) is 75.8 cm³/mol. The molecular weight excluding hydrogens is 220 g/mol. The molecule has 98 valence electrons. The lowest BCUT2D eigenvalue weighted by Crippen LogP contribution is -2.44. The smallest absolute Gasteiger partial charge is 0.00955 e. The predicted octanol–water partition coefficient (Wildman–Crippen LogP) is 2.53. The number of hydrogen-bond acceptors (Lipinski definition) is 2. The third-order valence-electron chi connectivity index (χ3n) is 4.66. The Bertz CT molecular complexity index is 398. The van der Waals surface area contributed by atoms with Crippen LogP contribution >= 0.6 is 0 Å². The van der Waals surface area contributed by atoms with E-state index in [0.717, 1.165) is 24.9 Å². The van der Waals surface area contributed by atoms with Crippen molar-refractivity contribution in [1.29, 1.82) is 0 Å². The molecule has 0 radical (unpaired) electrons. The molecule has 0 bridgehead atoms. The third kappa shape index (κ3) is 2.32. The van der Waals surface area contributed by atoms with Crippen LogP contribution < -0.4 is 5.73 Å². The van der Waals surface area contributed by atoms with Crippen LogP contribution in [0.2, 0.25) is 0 Å². The fraction of sp³-hybridized carbons (Fsp3) is 0.625. The summed E-state index contributed by atoms with van der Waals surface area (Å²) in [7, 11) is 0. The van der Waals surface area contributed by atoms with E-state index in [1.807, 2.05) is 0 Å². The Morgan fingerprint density at radius 1 is 1.22 bits per heavy atom. The molecule has 1 aromatic carbocycles. The molecule has 2 heteroatoms. The molecule has 1 saturated carbocycles. The number of benzene rings is 1. The quantitative estimate of drug-likeness (QED) is 0.833. The van der Waals surface area contributed by atoms with Crippen molar-refractivity contribution in [3.63, 3.8) is 0 Å². The first-order chi connectivity index (χ1) is 8.88. The highest BCUT2D eigenvalue weighted by Gasteiger charge is 2.31. The Morgan fingerprint density at radius 3 is 2.72 bits per heavy atom. The van der Waals surface area contributed by atoms with E-state index < -0.39 is 0 Å². The molecular formula is C16H24N2. The van der Waals surface area contributed by atoms with E-state index >= 15 is 0 Å². The number of nitrogens with zero attached hydrogens (tertiary/aromatic N) is 1. The standard InChI is InChI=1S/C16H24N2/c17-9-4-10-18(15-6-3-7-15)12-14-11-13-5-1-2-8-16(13)14/h1-2,5,8,14-15H,3-4,6-7,9-12,17H2. The van der Waals surface area contributed by atoms with Crippen LogP contribution in [0.4, 0.5) is 0 Å². The number of rotatable bonds is 6. The Labute approximate surface area is 110 Å². The Balaban J connectivity index is 1.60. The van der Waals surface area contributed by atoms with Crippen LogP contribution in [-0.4, -0.2) is 30.6 Å². The van der Waals surface area contributed by atoms with E-state index in [2.05, 4.69) is 29.2 Å². The van der Waals surface area contributed by atoms with Crippen molar-refractivity contribution in [1.82, 2.24) is 4.90 Å². The maximum absolute atomic E-state index is 5.66. The van der Waals surface area contributed by atoms with Gasteiger partial charge in [0.1, 0.15) is 0 Å². The van der Waals surface area contributed by atoms with Crippen molar-refractivity contribution in [2.24, 2.45) is 5.73 Å². The molecule has 0 heterocycles. The van der Waals surface area contributed by atoms with Gasteiger partial charge in [-0.05, 0) is 49.9 Å². The zero-order chi connectivity index (χ0) is 12.4. The first-order valence-corrected chi connectivity index (χ1v) is 7.40. The summed E-state index contributed by atoms with van der Waals surface area (Å²) in [6.07, 6.45) is 6.65. The van der Waals surface area contributed by atoms with Gasteiger partial charge in [-0.15, -0.1) is 0 Å². The molecule has 1 atom stereocenters. The van der Waals surface area contributed by atoms with Crippen LogP contribution in [0.5, 0.6) is 0 Å². The van der Waals surface area contributed by atoms with Crippen LogP contribution in [0.25, 0.3) is 0 Å². The summed E-state index contributed by atoms with van der Waals surface area (Å²) in [5.41, 5.74) is 8.82. The van der Waals surface area contributed by atoms with Crippen LogP contribution in [-0.2, 0) is 6.42 Å². The minimum absolute atomic E-state index is 0.777. The van der Waals surface area contributed by atoms with Gasteiger partial charge in [-0.25, -0.2) is 0 Å². The molecule has 0 aromatic heterocycles. The highest BCUT2D eigenvalue weighted by molar-refractivity contribution is 5.40. The first-order valence-electron chi connectivity index (χ1n) is 7.40. The summed E-state index contributed by atoms with van der Waals surface area (Å²) in [4.78, 5) is 2.71. The average Bonchev–Trinajstić information content (AvgIpc) is 2.30. The van der Waals surface area contributed by atoms with Crippen molar-refractivity contribution in [2.45, 2.75) is 44.1 Å². The van der Waals surface area contributed by atoms with E-state index in [4.69, 9.17) is 5.73 Å². The molecule has 2 aliphatic rings. The van der Waals surface area contributed by atoms with Gasteiger partial charge in [0.25, 0.3) is 0 Å². The SMILES string of the molecule is NCCCN(CC1Cc2ccccc21)C1CCC1. The second-order valence-electron chi connectivity index (χ2n) is 5.82. The number of fused-ring (bicyclic) bond motifs is 1. The fourth-order valence-corrected chi connectivity index (χ4v) is 3.28. The Hall–Kier alpha value is -0.860. The zero-order valence-electron chi connectivity index (χ0n) is 11.1.